The van der Waals surface area contributed by atoms with E-state index >= 15 is 0 Å². The molecule has 0 radical (unpaired) electrons. The lowest BCUT2D eigenvalue weighted by Gasteiger charge is -2.30. The van der Waals surface area contributed by atoms with Crippen molar-refractivity contribution in [2.45, 2.75) is 18.2 Å². The van der Waals surface area contributed by atoms with Gasteiger partial charge in [0, 0.05) is 41.2 Å². The Labute approximate surface area is 180 Å². The van der Waals surface area contributed by atoms with Crippen molar-refractivity contribution in [2.75, 3.05) is 32.2 Å². The maximum absolute atomic E-state index is 6.24. The molecule has 30 heavy (non-hydrogen) atoms. The maximum atomic E-state index is 6.24. The number of benzene rings is 2. The van der Waals surface area contributed by atoms with E-state index in [-0.39, 0.29) is 5.38 Å². The molecule has 0 N–H and O–H groups in total. The Morgan fingerprint density at radius 1 is 1.00 bits per heavy atom. The SMILES string of the molecule is COc1cc2cc3ccoc3c(-c3ccc(N4CCC(Cl)CC4)nc3)c2cc1OC. The molecule has 4 aromatic rings. The van der Waals surface area contributed by atoms with Gasteiger partial charge in [-0.3, -0.25) is 0 Å². The molecule has 0 unspecified atom stereocenters. The van der Waals surface area contributed by atoms with Gasteiger partial charge in [-0.1, -0.05) is 0 Å². The smallest absolute Gasteiger partial charge is 0.161 e. The van der Waals surface area contributed by atoms with Crippen molar-refractivity contribution < 1.29 is 13.9 Å². The van der Waals surface area contributed by atoms with E-state index in [4.69, 9.17) is 30.5 Å². The zero-order valence-corrected chi connectivity index (χ0v) is 17.8. The normalized spacial score (nSPS) is 15.1. The van der Waals surface area contributed by atoms with Gasteiger partial charge in [-0.15, -0.1) is 11.6 Å². The van der Waals surface area contributed by atoms with Gasteiger partial charge in [0.1, 0.15) is 11.4 Å². The summed E-state index contributed by atoms with van der Waals surface area (Å²) in [7, 11) is 3.30. The molecule has 154 valence electrons. The van der Waals surface area contributed by atoms with Gasteiger partial charge in [-0.05, 0) is 60.0 Å². The van der Waals surface area contributed by atoms with Crippen LogP contribution in [-0.2, 0) is 0 Å². The number of fused-ring (bicyclic) bond motifs is 2. The quantitative estimate of drug-likeness (QED) is 0.385. The van der Waals surface area contributed by atoms with E-state index in [1.165, 1.54) is 0 Å². The first-order chi connectivity index (χ1) is 14.7. The van der Waals surface area contributed by atoms with Crippen molar-refractivity contribution in [1.82, 2.24) is 4.98 Å². The van der Waals surface area contributed by atoms with E-state index in [9.17, 15) is 0 Å². The lowest BCUT2D eigenvalue weighted by molar-refractivity contribution is 0.356. The monoisotopic (exact) mass is 422 g/mol. The minimum Gasteiger partial charge on any atom is -0.493 e. The van der Waals surface area contributed by atoms with Crippen LogP contribution in [0.1, 0.15) is 12.8 Å². The number of piperidine rings is 1. The maximum Gasteiger partial charge on any atom is 0.161 e. The number of halogens is 1. The number of ether oxygens (including phenoxy) is 2. The molecule has 2 aromatic heterocycles. The second-order valence-electron chi connectivity index (χ2n) is 7.59. The highest BCUT2D eigenvalue weighted by Gasteiger charge is 2.20. The molecule has 1 saturated heterocycles. The molecule has 0 amide bonds. The predicted molar refractivity (Wildman–Crippen MR) is 121 cm³/mol. The van der Waals surface area contributed by atoms with Crippen LogP contribution >= 0.6 is 11.6 Å². The molecular formula is C24H23ClN2O3. The Bertz CT molecular complexity index is 1190. The van der Waals surface area contributed by atoms with Crippen LogP contribution in [0.3, 0.4) is 0 Å². The van der Waals surface area contributed by atoms with Crippen molar-refractivity contribution in [2.24, 2.45) is 0 Å². The minimum absolute atomic E-state index is 0.274. The summed E-state index contributed by atoms with van der Waals surface area (Å²) in [6, 6.07) is 12.3. The highest BCUT2D eigenvalue weighted by Crippen LogP contribution is 2.41. The van der Waals surface area contributed by atoms with Crippen molar-refractivity contribution >= 4 is 39.2 Å². The summed E-state index contributed by atoms with van der Waals surface area (Å²) in [5, 5.41) is 3.41. The molecule has 0 saturated carbocycles. The summed E-state index contributed by atoms with van der Waals surface area (Å²) in [6.07, 6.45) is 5.63. The van der Waals surface area contributed by atoms with Crippen LogP contribution in [0.2, 0.25) is 0 Å². The van der Waals surface area contributed by atoms with E-state index in [0.717, 1.165) is 64.6 Å². The van der Waals surface area contributed by atoms with Crippen LogP contribution in [0.15, 0.2) is 53.3 Å². The molecule has 0 spiro atoms. The Hall–Kier alpha value is -2.92. The highest BCUT2D eigenvalue weighted by atomic mass is 35.5. The highest BCUT2D eigenvalue weighted by molar-refractivity contribution is 6.20. The number of methoxy groups -OCH3 is 2. The first-order valence-corrected chi connectivity index (χ1v) is 10.5. The van der Waals surface area contributed by atoms with E-state index < -0.39 is 0 Å². The van der Waals surface area contributed by atoms with Gasteiger partial charge in [0.15, 0.2) is 11.5 Å². The molecule has 5 rings (SSSR count). The molecular weight excluding hydrogens is 400 g/mol. The molecule has 0 aliphatic carbocycles. The number of alkyl halides is 1. The second-order valence-corrected chi connectivity index (χ2v) is 8.20. The van der Waals surface area contributed by atoms with E-state index in [1.54, 1.807) is 20.5 Å². The van der Waals surface area contributed by atoms with Crippen LogP contribution < -0.4 is 14.4 Å². The van der Waals surface area contributed by atoms with Crippen LogP contribution in [-0.4, -0.2) is 37.7 Å². The van der Waals surface area contributed by atoms with Crippen LogP contribution in [0.5, 0.6) is 11.5 Å². The van der Waals surface area contributed by atoms with E-state index in [0.29, 0.717) is 11.5 Å². The first kappa shape index (κ1) is 19.1. The summed E-state index contributed by atoms with van der Waals surface area (Å²) in [5.74, 6) is 2.37. The summed E-state index contributed by atoms with van der Waals surface area (Å²) < 4.78 is 16.9. The number of anilines is 1. The number of pyridine rings is 1. The summed E-state index contributed by atoms with van der Waals surface area (Å²) >= 11 is 6.24. The molecule has 5 nitrogen and oxygen atoms in total. The van der Waals surface area contributed by atoms with Crippen LogP contribution in [0.25, 0.3) is 32.9 Å². The van der Waals surface area contributed by atoms with Gasteiger partial charge in [0.05, 0.1) is 20.5 Å². The van der Waals surface area contributed by atoms with Crippen LogP contribution in [0, 0.1) is 0 Å². The van der Waals surface area contributed by atoms with Crippen molar-refractivity contribution in [3.8, 4) is 22.6 Å². The Morgan fingerprint density at radius 2 is 1.77 bits per heavy atom. The Kier molecular flexibility index (Phi) is 4.91. The summed E-state index contributed by atoms with van der Waals surface area (Å²) in [5.41, 5.74) is 2.85. The lowest BCUT2D eigenvalue weighted by atomic mass is 9.96. The molecule has 0 bridgehead atoms. The third-order valence-corrected chi connectivity index (χ3v) is 6.28. The third kappa shape index (κ3) is 3.23. The summed E-state index contributed by atoms with van der Waals surface area (Å²) in [4.78, 5) is 7.06. The minimum atomic E-state index is 0.274. The molecule has 3 heterocycles. The largest absolute Gasteiger partial charge is 0.493 e. The third-order valence-electron chi connectivity index (χ3n) is 5.84. The second kappa shape index (κ2) is 7.73. The summed E-state index contributed by atoms with van der Waals surface area (Å²) in [6.45, 7) is 1.88. The van der Waals surface area contributed by atoms with Gasteiger partial charge in [0.25, 0.3) is 0 Å². The number of rotatable bonds is 4. The van der Waals surface area contributed by atoms with Crippen molar-refractivity contribution in [3.05, 3.63) is 48.9 Å². The lowest BCUT2D eigenvalue weighted by Crippen LogP contribution is -2.34. The molecule has 1 aliphatic heterocycles. The fourth-order valence-corrected chi connectivity index (χ4v) is 4.44. The van der Waals surface area contributed by atoms with Crippen molar-refractivity contribution in [1.29, 1.82) is 0 Å². The number of hydrogen-bond donors (Lipinski definition) is 0. The molecule has 2 aromatic carbocycles. The van der Waals surface area contributed by atoms with E-state index in [2.05, 4.69) is 23.1 Å². The van der Waals surface area contributed by atoms with Crippen molar-refractivity contribution in [3.63, 3.8) is 0 Å². The Morgan fingerprint density at radius 3 is 2.47 bits per heavy atom. The van der Waals surface area contributed by atoms with E-state index in [1.807, 2.05) is 24.4 Å². The first-order valence-electron chi connectivity index (χ1n) is 10.1. The number of aromatic nitrogens is 1. The predicted octanol–water partition coefficient (Wildman–Crippen LogP) is 5.87. The van der Waals surface area contributed by atoms with Crippen LogP contribution in [0.4, 0.5) is 5.82 Å². The fourth-order valence-electron chi connectivity index (χ4n) is 4.24. The number of hydrogen-bond acceptors (Lipinski definition) is 5. The standard InChI is InChI=1S/C24H23ClN2O3/c1-28-20-12-17-11-15-7-10-30-24(15)23(19(17)13-21(20)29-2)16-3-4-22(26-14-16)27-8-5-18(25)6-9-27/h3-4,7,10-14,18H,5-6,8-9H2,1-2H3. The average molecular weight is 423 g/mol. The topological polar surface area (TPSA) is 47.7 Å². The molecule has 1 aliphatic rings. The zero-order chi connectivity index (χ0) is 20.7. The average Bonchev–Trinajstić information content (AvgIpc) is 3.25. The zero-order valence-electron chi connectivity index (χ0n) is 17.0. The number of nitrogens with zero attached hydrogens (tertiary/aromatic N) is 2. The molecule has 0 atom stereocenters. The molecule has 1 fully saturated rings. The van der Waals surface area contributed by atoms with Gasteiger partial charge in [0.2, 0.25) is 0 Å². The van der Waals surface area contributed by atoms with Gasteiger partial charge < -0.3 is 18.8 Å². The molecule has 6 heteroatoms. The number of furan rings is 1. The van der Waals surface area contributed by atoms with Gasteiger partial charge >= 0.3 is 0 Å². The fraction of sp³-hybridized carbons (Fsp3) is 0.292. The van der Waals surface area contributed by atoms with Gasteiger partial charge in [-0.2, -0.15) is 0 Å². The van der Waals surface area contributed by atoms with Gasteiger partial charge in [-0.25, -0.2) is 4.98 Å². The Balaban J connectivity index is 1.64.